The smallest absolute Gasteiger partial charge is 0.328 e. The number of hydrogen-bond acceptors (Lipinski definition) is 7. The number of carboxylic acids is 2. The molecule has 176 valence electrons. The Morgan fingerprint density at radius 3 is 2.12 bits per heavy atom. The molecule has 0 radical (unpaired) electrons. The molecule has 0 spiro atoms. The summed E-state index contributed by atoms with van der Waals surface area (Å²) >= 11 is 0. The molecule has 0 fully saturated rings. The van der Waals surface area contributed by atoms with Crippen molar-refractivity contribution in [1.82, 2.24) is 15.1 Å². The number of aromatic nitrogens is 2. The van der Waals surface area contributed by atoms with Gasteiger partial charge in [0, 0.05) is 36.6 Å². The van der Waals surface area contributed by atoms with Crippen LogP contribution in [0.15, 0.2) is 54.9 Å². The third-order valence-corrected chi connectivity index (χ3v) is 3.65. The first-order valence-electron chi connectivity index (χ1n) is 9.95. The van der Waals surface area contributed by atoms with Gasteiger partial charge < -0.3 is 30.1 Å². The summed E-state index contributed by atoms with van der Waals surface area (Å²) in [7, 11) is 0. The van der Waals surface area contributed by atoms with Crippen LogP contribution in [0.5, 0.6) is 11.5 Å². The minimum absolute atomic E-state index is 0.0177. The predicted molar refractivity (Wildman–Crippen MR) is 118 cm³/mol. The van der Waals surface area contributed by atoms with Crippen molar-refractivity contribution in [2.75, 3.05) is 19.8 Å². The zero-order valence-electron chi connectivity index (χ0n) is 18.5. The first kappa shape index (κ1) is 26.7. The van der Waals surface area contributed by atoms with Crippen LogP contribution in [-0.2, 0) is 16.1 Å². The summed E-state index contributed by atoms with van der Waals surface area (Å²) in [5, 5.41) is 32.9. The first-order chi connectivity index (χ1) is 15.0. The molecule has 0 aliphatic carbocycles. The van der Waals surface area contributed by atoms with Gasteiger partial charge in [0.2, 0.25) is 0 Å². The summed E-state index contributed by atoms with van der Waals surface area (Å²) in [5.41, 5.74) is -0.0177. The van der Waals surface area contributed by atoms with E-state index in [9.17, 15) is 14.7 Å². The van der Waals surface area contributed by atoms with E-state index in [1.54, 1.807) is 6.20 Å². The molecule has 1 aromatic carbocycles. The topological polar surface area (TPSA) is 143 Å². The van der Waals surface area contributed by atoms with Crippen molar-refractivity contribution in [3.8, 4) is 11.5 Å². The third-order valence-electron chi connectivity index (χ3n) is 3.65. The lowest BCUT2D eigenvalue weighted by molar-refractivity contribution is -0.134. The molecule has 2 aromatic rings. The molecule has 1 unspecified atom stereocenters. The highest BCUT2D eigenvalue weighted by atomic mass is 16.5. The molecule has 4 N–H and O–H groups in total. The third kappa shape index (κ3) is 13.8. The first-order valence-corrected chi connectivity index (χ1v) is 9.95. The molecule has 1 heterocycles. The number of ether oxygens (including phenoxy) is 2. The van der Waals surface area contributed by atoms with Gasteiger partial charge in [-0.25, -0.2) is 9.59 Å². The highest BCUT2D eigenvalue weighted by Crippen LogP contribution is 2.17. The normalized spacial score (nSPS) is 12.0. The molecule has 0 aliphatic rings. The Hall–Kier alpha value is -3.37. The number of rotatable bonds is 11. The molecule has 1 atom stereocenters. The lowest BCUT2D eigenvalue weighted by atomic mass is 10.1. The number of carbonyl (C=O) groups is 2. The van der Waals surface area contributed by atoms with Crippen molar-refractivity contribution in [2.45, 2.75) is 39.0 Å². The van der Waals surface area contributed by atoms with Crippen LogP contribution in [0.2, 0.25) is 0 Å². The molecule has 0 aliphatic heterocycles. The van der Waals surface area contributed by atoms with Crippen molar-refractivity contribution in [2.24, 2.45) is 0 Å². The Kier molecular flexibility index (Phi) is 11.5. The van der Waals surface area contributed by atoms with Crippen molar-refractivity contribution >= 4 is 11.9 Å². The fraction of sp³-hybridized carbons (Fsp3) is 0.409. The number of benzene rings is 1. The van der Waals surface area contributed by atoms with Gasteiger partial charge in [-0.3, -0.25) is 4.68 Å². The Balaban J connectivity index is 0.000000547. The minimum Gasteiger partial charge on any atom is -0.492 e. The van der Waals surface area contributed by atoms with Crippen molar-refractivity contribution in [1.29, 1.82) is 0 Å². The molecule has 1 aromatic heterocycles. The number of nitrogens with zero attached hydrogens (tertiary/aromatic N) is 2. The van der Waals surface area contributed by atoms with Gasteiger partial charge in [-0.05, 0) is 51.1 Å². The second-order valence-electron chi connectivity index (χ2n) is 7.69. The Morgan fingerprint density at radius 2 is 1.66 bits per heavy atom. The maximum atomic E-state index is 9.91. The highest BCUT2D eigenvalue weighted by Gasteiger charge is 2.12. The Morgan fingerprint density at radius 1 is 1.09 bits per heavy atom. The van der Waals surface area contributed by atoms with Gasteiger partial charge in [0.1, 0.15) is 30.8 Å². The summed E-state index contributed by atoms with van der Waals surface area (Å²) in [4.78, 5) is 19.1. The number of β-amino-alcohol motifs (C(OH)–C–C–N with tert-alkyl or cyclic N) is 1. The predicted octanol–water partition coefficient (Wildman–Crippen LogP) is 1.80. The number of aliphatic hydroxyl groups excluding tert-OH is 1. The fourth-order valence-electron chi connectivity index (χ4n) is 2.14. The van der Waals surface area contributed by atoms with Gasteiger partial charge in [-0.15, -0.1) is 0 Å². The van der Waals surface area contributed by atoms with Crippen molar-refractivity contribution < 1.29 is 34.4 Å². The summed E-state index contributed by atoms with van der Waals surface area (Å²) in [5.74, 6) is -1.02. The van der Waals surface area contributed by atoms with Gasteiger partial charge in [-0.1, -0.05) is 0 Å². The van der Waals surface area contributed by atoms with Gasteiger partial charge in [0.25, 0.3) is 0 Å². The monoisotopic (exact) mass is 449 g/mol. The maximum absolute atomic E-state index is 9.91. The van der Waals surface area contributed by atoms with E-state index in [0.29, 0.717) is 37.6 Å². The molecule has 0 saturated carbocycles. The van der Waals surface area contributed by atoms with E-state index in [-0.39, 0.29) is 12.1 Å². The SMILES string of the molecule is CC(C)(C)NCC(O)COc1ccc(OCCn2cccn2)cc1.O=C(O)/C=C\C(=O)O. The number of hydrogen-bond donors (Lipinski definition) is 4. The Bertz CT molecular complexity index is 812. The molecule has 10 nitrogen and oxygen atoms in total. The van der Waals surface area contributed by atoms with Gasteiger partial charge in [0.05, 0.1) is 6.54 Å². The molecular weight excluding hydrogens is 418 g/mol. The van der Waals surface area contributed by atoms with Crippen LogP contribution in [-0.4, -0.2) is 68.4 Å². The maximum Gasteiger partial charge on any atom is 0.328 e. The van der Waals surface area contributed by atoms with Gasteiger partial charge >= 0.3 is 11.9 Å². The molecule has 32 heavy (non-hydrogen) atoms. The van der Waals surface area contributed by atoms with E-state index in [4.69, 9.17) is 19.7 Å². The largest absolute Gasteiger partial charge is 0.492 e. The lowest BCUT2D eigenvalue weighted by Gasteiger charge is -2.23. The van der Waals surface area contributed by atoms with E-state index in [1.165, 1.54) is 0 Å². The Labute approximate surface area is 187 Å². The van der Waals surface area contributed by atoms with Gasteiger partial charge in [-0.2, -0.15) is 5.10 Å². The second-order valence-corrected chi connectivity index (χ2v) is 7.69. The lowest BCUT2D eigenvalue weighted by Crippen LogP contribution is -2.42. The molecule has 0 bridgehead atoms. The van der Waals surface area contributed by atoms with Crippen LogP contribution in [0.25, 0.3) is 0 Å². The number of carboxylic acid groups (broad SMARTS) is 2. The highest BCUT2D eigenvalue weighted by molar-refractivity contribution is 5.89. The average molecular weight is 450 g/mol. The van der Waals surface area contributed by atoms with E-state index in [1.807, 2.05) is 41.2 Å². The summed E-state index contributed by atoms with van der Waals surface area (Å²) in [6, 6.07) is 9.29. The van der Waals surface area contributed by atoms with E-state index in [0.717, 1.165) is 5.75 Å². The summed E-state index contributed by atoms with van der Waals surface area (Å²) in [6.45, 7) is 8.20. The molecule has 2 rings (SSSR count). The van der Waals surface area contributed by atoms with Crippen molar-refractivity contribution in [3.63, 3.8) is 0 Å². The van der Waals surface area contributed by atoms with Crippen molar-refractivity contribution in [3.05, 3.63) is 54.9 Å². The van der Waals surface area contributed by atoms with E-state index in [2.05, 4.69) is 31.2 Å². The molecule has 10 heteroatoms. The zero-order chi connectivity index (χ0) is 24.0. The minimum atomic E-state index is -1.26. The number of aliphatic hydroxyl groups is 1. The molecular formula is C22H31N3O7. The summed E-state index contributed by atoms with van der Waals surface area (Å²) < 4.78 is 13.1. The zero-order valence-corrected chi connectivity index (χ0v) is 18.5. The molecule has 0 saturated heterocycles. The van der Waals surface area contributed by atoms with Crippen LogP contribution < -0.4 is 14.8 Å². The van der Waals surface area contributed by atoms with Crippen LogP contribution in [0.4, 0.5) is 0 Å². The van der Waals surface area contributed by atoms with E-state index >= 15 is 0 Å². The number of aliphatic carboxylic acids is 2. The second kappa shape index (κ2) is 13.8. The number of nitrogens with one attached hydrogen (secondary N) is 1. The van der Waals surface area contributed by atoms with E-state index < -0.39 is 18.0 Å². The quantitative estimate of drug-likeness (QED) is 0.378. The van der Waals surface area contributed by atoms with Crippen LogP contribution in [0, 0.1) is 0 Å². The van der Waals surface area contributed by atoms with Gasteiger partial charge in [0.15, 0.2) is 0 Å². The van der Waals surface area contributed by atoms with Crippen LogP contribution in [0.3, 0.4) is 0 Å². The summed E-state index contributed by atoms with van der Waals surface area (Å²) in [6.07, 6.45) is 4.22. The average Bonchev–Trinajstić information content (AvgIpc) is 3.23. The fourth-order valence-corrected chi connectivity index (χ4v) is 2.14. The van der Waals surface area contributed by atoms with Crippen LogP contribution in [0.1, 0.15) is 20.8 Å². The standard InChI is InChI=1S/C18H27N3O3.C4H4O4/c1-18(2,3)19-13-15(22)14-24-17-7-5-16(6-8-17)23-12-11-21-10-4-9-20-21;5-3(6)1-2-4(7)8/h4-10,15,19,22H,11-14H2,1-3H3;1-2H,(H,5,6)(H,7,8)/b;2-1-. The molecule has 0 amide bonds. The van der Waals surface area contributed by atoms with Crippen LogP contribution >= 0.6 is 0 Å².